The number of benzene rings is 2. The summed E-state index contributed by atoms with van der Waals surface area (Å²) in [6.07, 6.45) is 5.10. The van der Waals surface area contributed by atoms with Crippen LogP contribution in [0.4, 0.5) is 0 Å². The lowest BCUT2D eigenvalue weighted by Gasteiger charge is -2.43. The van der Waals surface area contributed by atoms with Gasteiger partial charge in [0, 0.05) is 38.6 Å². The summed E-state index contributed by atoms with van der Waals surface area (Å²) in [5.41, 5.74) is 2.14. The number of aliphatic hydroxyl groups is 1. The second kappa shape index (κ2) is 10.7. The molecule has 1 aliphatic heterocycles. The molecule has 0 bridgehead atoms. The van der Waals surface area contributed by atoms with Crippen molar-refractivity contribution in [3.05, 3.63) is 58.1 Å². The van der Waals surface area contributed by atoms with E-state index in [-0.39, 0.29) is 5.92 Å². The van der Waals surface area contributed by atoms with Crippen molar-refractivity contribution in [3.8, 4) is 5.75 Å². The van der Waals surface area contributed by atoms with E-state index < -0.39 is 5.60 Å². The van der Waals surface area contributed by atoms with Crippen molar-refractivity contribution in [1.29, 1.82) is 0 Å². The summed E-state index contributed by atoms with van der Waals surface area (Å²) < 4.78 is 6.92. The zero-order valence-electron chi connectivity index (χ0n) is 19.1. The van der Waals surface area contributed by atoms with Gasteiger partial charge in [-0.05, 0) is 53.0 Å². The van der Waals surface area contributed by atoms with Crippen molar-refractivity contribution in [2.24, 2.45) is 0 Å². The van der Waals surface area contributed by atoms with Crippen molar-refractivity contribution in [2.75, 3.05) is 39.8 Å². The van der Waals surface area contributed by atoms with Crippen LogP contribution in [0.15, 0.2) is 46.9 Å². The molecule has 0 spiro atoms. The van der Waals surface area contributed by atoms with Gasteiger partial charge in [0.1, 0.15) is 20.2 Å². The first-order valence-corrected chi connectivity index (χ1v) is 12.6. The smallest absolute Gasteiger partial charge is 0.126 e. The largest absolute Gasteiger partial charge is 0.488 e. The highest BCUT2D eigenvalue weighted by Gasteiger charge is 2.40. The Hall–Kier alpha value is -1.34. The Morgan fingerprint density at radius 3 is 2.41 bits per heavy atom. The van der Waals surface area contributed by atoms with Gasteiger partial charge in [-0.2, -0.15) is 0 Å². The van der Waals surface area contributed by atoms with E-state index >= 15 is 0 Å². The second-order valence-corrected chi connectivity index (χ2v) is 10.4. The molecule has 170 valence electrons. The summed E-state index contributed by atoms with van der Waals surface area (Å²) in [5.74, 6) is 0.708. The molecule has 1 N–H and O–H groups in total. The molecule has 32 heavy (non-hydrogen) atoms. The molecule has 1 atom stereocenters. The highest BCUT2D eigenvalue weighted by atomic mass is 79.9. The monoisotopic (exact) mass is 496 g/mol. The molecule has 2 aromatic rings. The summed E-state index contributed by atoms with van der Waals surface area (Å²) in [5, 5.41) is 11.7. The third-order valence-electron chi connectivity index (χ3n) is 7.13. The number of likely N-dealkylation sites (N-methyl/N-ethyl adjacent to an activating group) is 1. The maximum Gasteiger partial charge on any atom is 0.126 e. The van der Waals surface area contributed by atoms with Gasteiger partial charge in [0.2, 0.25) is 0 Å². The van der Waals surface area contributed by atoms with E-state index in [2.05, 4.69) is 38.8 Å². The van der Waals surface area contributed by atoms with Gasteiger partial charge >= 0.3 is 0 Å². The molecule has 1 saturated carbocycles. The quantitative estimate of drug-likeness (QED) is 0.590. The van der Waals surface area contributed by atoms with Crippen LogP contribution in [0.25, 0.3) is 0 Å². The molecule has 4 nitrogen and oxygen atoms in total. The minimum Gasteiger partial charge on any atom is -0.488 e. The van der Waals surface area contributed by atoms with Gasteiger partial charge in [-0.25, -0.2) is 0 Å². The number of hydrogen-bond donors (Lipinski definition) is 1. The van der Waals surface area contributed by atoms with Gasteiger partial charge in [-0.15, -0.1) is 0 Å². The molecule has 2 radical (unpaired) electrons. The van der Waals surface area contributed by atoms with Crippen molar-refractivity contribution in [1.82, 2.24) is 9.80 Å². The predicted octanol–water partition coefficient (Wildman–Crippen LogP) is 3.85. The summed E-state index contributed by atoms with van der Waals surface area (Å²) in [6, 6.07) is 14.2. The zero-order valence-corrected chi connectivity index (χ0v) is 20.7. The predicted molar refractivity (Wildman–Crippen MR) is 135 cm³/mol. The molecule has 4 rings (SSSR count). The van der Waals surface area contributed by atoms with Crippen LogP contribution in [0.2, 0.25) is 0 Å². The van der Waals surface area contributed by atoms with Crippen LogP contribution in [0.3, 0.4) is 0 Å². The number of nitrogens with zero attached hydrogens (tertiary/aromatic N) is 2. The minimum absolute atomic E-state index is 0.0352. The maximum atomic E-state index is 11.7. The Balaban J connectivity index is 1.57. The van der Waals surface area contributed by atoms with E-state index in [1.165, 1.54) is 6.42 Å². The van der Waals surface area contributed by atoms with Crippen molar-refractivity contribution < 1.29 is 9.84 Å². The van der Waals surface area contributed by atoms with E-state index in [0.29, 0.717) is 17.8 Å². The Morgan fingerprint density at radius 1 is 1.06 bits per heavy atom. The zero-order chi connectivity index (χ0) is 22.6. The van der Waals surface area contributed by atoms with Crippen molar-refractivity contribution in [2.45, 2.75) is 50.2 Å². The molecule has 1 saturated heterocycles. The first kappa shape index (κ1) is 23.8. The van der Waals surface area contributed by atoms with Crippen LogP contribution in [0.1, 0.15) is 49.1 Å². The first-order valence-electron chi connectivity index (χ1n) is 11.8. The Bertz CT molecular complexity index is 858. The summed E-state index contributed by atoms with van der Waals surface area (Å²) >= 11 is 3.71. The summed E-state index contributed by atoms with van der Waals surface area (Å²) in [7, 11) is 8.67. The number of halogens is 1. The lowest BCUT2D eigenvalue weighted by Crippen LogP contribution is -2.50. The molecular weight excluding hydrogens is 463 g/mol. The minimum atomic E-state index is -0.681. The lowest BCUT2D eigenvalue weighted by atomic mass is 9.71. The fourth-order valence-electron chi connectivity index (χ4n) is 5.11. The molecule has 2 aliphatic rings. The van der Waals surface area contributed by atoms with Gasteiger partial charge in [-0.1, -0.05) is 61.1 Å². The highest BCUT2D eigenvalue weighted by Crippen LogP contribution is 2.42. The molecule has 1 unspecified atom stereocenters. The topological polar surface area (TPSA) is 35.9 Å². The lowest BCUT2D eigenvalue weighted by molar-refractivity contribution is -0.0337. The van der Waals surface area contributed by atoms with Gasteiger partial charge in [-0.3, -0.25) is 0 Å². The van der Waals surface area contributed by atoms with E-state index in [9.17, 15) is 5.11 Å². The van der Waals surface area contributed by atoms with Crippen LogP contribution in [0.5, 0.6) is 5.75 Å². The number of piperazine rings is 1. The Labute approximate surface area is 202 Å². The van der Waals surface area contributed by atoms with E-state index in [0.717, 1.165) is 74.0 Å². The van der Waals surface area contributed by atoms with Crippen LogP contribution in [-0.4, -0.2) is 68.1 Å². The van der Waals surface area contributed by atoms with E-state index in [4.69, 9.17) is 12.6 Å². The number of ether oxygens (including phenoxy) is 1. The molecule has 1 heterocycles. The Morgan fingerprint density at radius 2 is 1.75 bits per heavy atom. The van der Waals surface area contributed by atoms with Crippen LogP contribution in [0, 0.1) is 0 Å². The molecule has 0 amide bonds. The van der Waals surface area contributed by atoms with Crippen LogP contribution in [-0.2, 0) is 6.61 Å². The average molecular weight is 497 g/mol. The molecule has 2 aromatic carbocycles. The first-order chi connectivity index (χ1) is 15.4. The standard InChI is InChI=1S/C26H34BBrN2O2/c1-29-12-14-30(15-13-29)18-22(26(31)10-6-3-7-11-26)21-16-23(27)25(24(28)17-21)32-19-20-8-4-2-5-9-20/h2,4-5,8-9,16-17,22,31H,3,6-7,10-15,18-19H2,1H3. The van der Waals surface area contributed by atoms with Gasteiger partial charge in [0.25, 0.3) is 0 Å². The van der Waals surface area contributed by atoms with Gasteiger partial charge in [0.05, 0.1) is 10.1 Å². The van der Waals surface area contributed by atoms with Gasteiger partial charge in [0.15, 0.2) is 0 Å². The fraction of sp³-hybridized carbons (Fsp3) is 0.538. The van der Waals surface area contributed by atoms with Crippen molar-refractivity contribution in [3.63, 3.8) is 0 Å². The summed E-state index contributed by atoms with van der Waals surface area (Å²) in [6.45, 7) is 5.56. The molecule has 0 aromatic heterocycles. The van der Waals surface area contributed by atoms with E-state index in [1.807, 2.05) is 36.4 Å². The maximum absolute atomic E-state index is 11.7. The SMILES string of the molecule is [B]c1cc(C(CN2CCN(C)CC2)C2(O)CCCCC2)cc(Br)c1OCc1ccccc1. The van der Waals surface area contributed by atoms with Crippen molar-refractivity contribution >= 4 is 29.2 Å². The van der Waals surface area contributed by atoms with Crippen LogP contribution >= 0.6 is 15.9 Å². The highest BCUT2D eigenvalue weighted by molar-refractivity contribution is 9.10. The second-order valence-electron chi connectivity index (χ2n) is 9.52. The number of hydrogen-bond acceptors (Lipinski definition) is 4. The molecule has 6 heteroatoms. The normalized spacial score (nSPS) is 20.7. The summed E-state index contributed by atoms with van der Waals surface area (Å²) in [4.78, 5) is 4.87. The molecule has 1 aliphatic carbocycles. The van der Waals surface area contributed by atoms with Crippen LogP contribution < -0.4 is 10.2 Å². The Kier molecular flexibility index (Phi) is 7.98. The fourth-order valence-corrected chi connectivity index (χ4v) is 5.71. The van der Waals surface area contributed by atoms with E-state index in [1.54, 1.807) is 0 Å². The molecule has 2 fully saturated rings. The number of rotatable bonds is 7. The average Bonchev–Trinajstić information content (AvgIpc) is 2.79. The molecular formula is C26H34BBrN2O2. The third kappa shape index (κ3) is 5.77. The third-order valence-corrected chi connectivity index (χ3v) is 7.72. The van der Waals surface area contributed by atoms with Gasteiger partial charge < -0.3 is 19.6 Å².